The fourth-order valence-corrected chi connectivity index (χ4v) is 5.82. The Balaban J connectivity index is 1.44. The first-order valence-corrected chi connectivity index (χ1v) is 14.1. The second-order valence-electron chi connectivity index (χ2n) is 10.6. The predicted octanol–water partition coefficient (Wildman–Crippen LogP) is 7.79. The van der Waals surface area contributed by atoms with Crippen molar-refractivity contribution in [2.45, 2.75) is 0 Å². The summed E-state index contributed by atoms with van der Waals surface area (Å²) in [5.74, 6) is 6.03. The summed E-state index contributed by atoms with van der Waals surface area (Å²) >= 11 is 0. The number of carbonyl (C=O) groups excluding carboxylic acids is 1. The van der Waals surface area contributed by atoms with Crippen LogP contribution in [0.15, 0.2) is 114 Å². The number of hydrazine groups is 1. The first-order valence-electron chi connectivity index (χ1n) is 14.1. The summed E-state index contributed by atoms with van der Waals surface area (Å²) in [4.78, 5) is 21.2. The van der Waals surface area contributed by atoms with Gasteiger partial charge in [0.15, 0.2) is 0 Å². The number of furan rings is 1. The van der Waals surface area contributed by atoms with E-state index in [2.05, 4.69) is 45.6 Å². The van der Waals surface area contributed by atoms with E-state index in [1.54, 1.807) is 32.4 Å². The Morgan fingerprint density at radius 3 is 2.41 bits per heavy atom. The number of nitrogens with two attached hydrogens (primary N) is 1. The first kappa shape index (κ1) is 27.1. The summed E-state index contributed by atoms with van der Waals surface area (Å²) in [5, 5.41) is 5.98. The Bertz CT molecular complexity index is 2170. The first-order chi connectivity index (χ1) is 21.4. The lowest BCUT2D eigenvalue weighted by Crippen LogP contribution is -2.25. The normalized spacial score (nSPS) is 11.3. The summed E-state index contributed by atoms with van der Waals surface area (Å²) in [6.45, 7) is 0. The van der Waals surface area contributed by atoms with Gasteiger partial charge in [0.1, 0.15) is 17.2 Å². The number of aromatic amines is 1. The molecule has 7 aromatic rings. The fraction of sp³-hybridized carbons (Fsp3) is 0.0556. The highest BCUT2D eigenvalue weighted by molar-refractivity contribution is 6.13. The molecule has 7 rings (SSSR count). The van der Waals surface area contributed by atoms with Gasteiger partial charge in [0, 0.05) is 71.1 Å². The van der Waals surface area contributed by atoms with Crippen LogP contribution < -0.4 is 16.2 Å². The number of para-hydroxylation sites is 1. The molecule has 0 spiro atoms. The van der Waals surface area contributed by atoms with E-state index < -0.39 is 0 Å². The second kappa shape index (κ2) is 10.8. The number of anilines is 1. The summed E-state index contributed by atoms with van der Waals surface area (Å²) < 4.78 is 20.0. The Morgan fingerprint density at radius 1 is 0.886 bits per heavy atom. The van der Waals surface area contributed by atoms with Gasteiger partial charge in [-0.1, -0.05) is 42.5 Å². The number of fused-ring (bicyclic) bond motifs is 2. The number of amides is 1. The van der Waals surface area contributed by atoms with Crippen LogP contribution in [0.4, 0.5) is 10.1 Å². The minimum atomic E-state index is -0.373. The summed E-state index contributed by atoms with van der Waals surface area (Å²) in [6.07, 6.45) is 3.64. The zero-order valence-corrected chi connectivity index (χ0v) is 24.1. The van der Waals surface area contributed by atoms with Crippen LogP contribution in [0.1, 0.15) is 10.4 Å². The van der Waals surface area contributed by atoms with Crippen LogP contribution >= 0.6 is 0 Å². The van der Waals surface area contributed by atoms with E-state index in [9.17, 15) is 9.18 Å². The lowest BCUT2D eigenvalue weighted by molar-refractivity contribution is 0.0964. The molecular weight excluding hydrogens is 553 g/mol. The third-order valence-electron chi connectivity index (χ3n) is 7.87. The molecule has 216 valence electrons. The van der Waals surface area contributed by atoms with E-state index in [0.717, 1.165) is 44.4 Å². The highest BCUT2D eigenvalue weighted by Crippen LogP contribution is 2.43. The van der Waals surface area contributed by atoms with E-state index in [1.165, 1.54) is 17.1 Å². The van der Waals surface area contributed by atoms with Crippen molar-refractivity contribution in [1.29, 1.82) is 0 Å². The van der Waals surface area contributed by atoms with Crippen LogP contribution in [0.25, 0.3) is 66.7 Å². The number of benzene rings is 4. The number of hydrogen-bond donors (Lipinski definition) is 3. The number of H-pyrrole nitrogens is 1. The Hall–Kier alpha value is -5.73. The number of nitrogens with one attached hydrogen (secondary N) is 2. The molecule has 0 aliphatic rings. The van der Waals surface area contributed by atoms with Crippen LogP contribution in [-0.4, -0.2) is 30.0 Å². The lowest BCUT2D eigenvalue weighted by Gasteiger charge is -2.18. The van der Waals surface area contributed by atoms with Gasteiger partial charge >= 0.3 is 0 Å². The van der Waals surface area contributed by atoms with Gasteiger partial charge in [-0.25, -0.2) is 10.2 Å². The molecule has 44 heavy (non-hydrogen) atoms. The third kappa shape index (κ3) is 4.58. The minimum absolute atomic E-state index is 0.309. The number of carbonyl (C=O) groups is 1. The number of aromatic nitrogens is 2. The number of rotatable bonds is 6. The van der Waals surface area contributed by atoms with E-state index in [0.29, 0.717) is 33.5 Å². The highest BCUT2D eigenvalue weighted by Gasteiger charge is 2.24. The summed E-state index contributed by atoms with van der Waals surface area (Å²) in [5.41, 5.74) is 8.94. The van der Waals surface area contributed by atoms with Crippen LogP contribution in [0.5, 0.6) is 0 Å². The molecule has 0 aliphatic heterocycles. The van der Waals surface area contributed by atoms with Crippen molar-refractivity contribution >= 4 is 33.5 Å². The average molecular weight is 582 g/mol. The van der Waals surface area contributed by atoms with E-state index in [-0.39, 0.29) is 11.7 Å². The predicted molar refractivity (Wildman–Crippen MR) is 174 cm³/mol. The van der Waals surface area contributed by atoms with Gasteiger partial charge in [0.25, 0.3) is 5.91 Å². The Kier molecular flexibility index (Phi) is 6.68. The molecule has 7 nitrogen and oxygen atoms in total. The standard InChI is InChI=1S/C36H28FN5O2/c1-39-36(43)33-28-18-27(30(42(2)38)19-31(28)44-35(33)21-12-14-25(37)15-13-21)22-7-5-8-23(17-22)34-32(24-9-6-16-40-20-24)26-10-3-4-11-29(26)41-34/h3-20,41H,38H2,1-2H3,(H,39,43). The molecule has 0 unspecified atom stereocenters. The van der Waals surface area contributed by atoms with Crippen LogP contribution in [0, 0.1) is 5.82 Å². The van der Waals surface area contributed by atoms with Gasteiger partial charge < -0.3 is 19.7 Å². The molecule has 3 heterocycles. The van der Waals surface area contributed by atoms with E-state index in [4.69, 9.17) is 10.3 Å². The van der Waals surface area contributed by atoms with Gasteiger partial charge in [0.05, 0.1) is 16.9 Å². The van der Waals surface area contributed by atoms with Gasteiger partial charge in [0.2, 0.25) is 0 Å². The maximum atomic E-state index is 13.7. The van der Waals surface area contributed by atoms with Crippen molar-refractivity contribution in [2.24, 2.45) is 5.84 Å². The van der Waals surface area contributed by atoms with Crippen molar-refractivity contribution < 1.29 is 13.6 Å². The Labute approximate surface area is 252 Å². The SMILES string of the molecule is CNC(=O)c1c(-c2ccc(F)cc2)oc2cc(N(C)N)c(-c3cccc(-c4[nH]c5ccccc5c4-c4cccnc4)c3)cc12. The average Bonchev–Trinajstić information content (AvgIpc) is 3.63. The van der Waals surface area contributed by atoms with Crippen molar-refractivity contribution in [1.82, 2.24) is 15.3 Å². The molecule has 0 atom stereocenters. The third-order valence-corrected chi connectivity index (χ3v) is 7.87. The topological polar surface area (TPSA) is 100 Å². The van der Waals surface area contributed by atoms with E-state index in [1.807, 2.05) is 48.7 Å². The second-order valence-corrected chi connectivity index (χ2v) is 10.6. The minimum Gasteiger partial charge on any atom is -0.455 e. The number of halogens is 1. The largest absolute Gasteiger partial charge is 0.455 e. The molecule has 0 saturated heterocycles. The van der Waals surface area contributed by atoms with Crippen LogP contribution in [-0.2, 0) is 0 Å². The lowest BCUT2D eigenvalue weighted by atomic mass is 9.95. The molecule has 4 N–H and O–H groups in total. The quantitative estimate of drug-likeness (QED) is 0.138. The fourth-order valence-electron chi connectivity index (χ4n) is 5.82. The highest BCUT2D eigenvalue weighted by atomic mass is 19.1. The maximum absolute atomic E-state index is 13.7. The van der Waals surface area contributed by atoms with Gasteiger partial charge in [-0.15, -0.1) is 0 Å². The zero-order chi connectivity index (χ0) is 30.4. The molecule has 0 saturated carbocycles. The maximum Gasteiger partial charge on any atom is 0.255 e. The molecule has 4 aromatic carbocycles. The van der Waals surface area contributed by atoms with Crippen molar-refractivity contribution in [3.63, 3.8) is 0 Å². The van der Waals surface area contributed by atoms with Crippen molar-refractivity contribution in [2.75, 3.05) is 19.1 Å². The number of hydrogen-bond acceptors (Lipinski definition) is 5. The van der Waals surface area contributed by atoms with Crippen molar-refractivity contribution in [3.05, 3.63) is 121 Å². The monoisotopic (exact) mass is 581 g/mol. The number of nitrogens with zero attached hydrogens (tertiary/aromatic N) is 2. The summed E-state index contributed by atoms with van der Waals surface area (Å²) in [6, 6.07) is 30.1. The Morgan fingerprint density at radius 2 is 1.66 bits per heavy atom. The molecule has 1 amide bonds. The summed E-state index contributed by atoms with van der Waals surface area (Å²) in [7, 11) is 3.33. The number of pyridine rings is 1. The van der Waals surface area contributed by atoms with Gasteiger partial charge in [-0.05, 0) is 59.7 Å². The molecule has 0 bridgehead atoms. The molecule has 0 radical (unpaired) electrons. The van der Waals surface area contributed by atoms with Crippen molar-refractivity contribution in [3.8, 4) is 44.8 Å². The molecule has 0 aliphatic carbocycles. The smallest absolute Gasteiger partial charge is 0.255 e. The molecule has 0 fully saturated rings. The zero-order valence-electron chi connectivity index (χ0n) is 24.1. The van der Waals surface area contributed by atoms with Gasteiger partial charge in [-0.2, -0.15) is 0 Å². The molecule has 3 aromatic heterocycles. The molecule has 8 heteroatoms. The van der Waals surface area contributed by atoms with E-state index >= 15 is 0 Å². The van der Waals surface area contributed by atoms with Gasteiger partial charge in [-0.3, -0.25) is 9.78 Å². The van der Waals surface area contributed by atoms with Crippen LogP contribution in [0.3, 0.4) is 0 Å². The van der Waals surface area contributed by atoms with Crippen LogP contribution in [0.2, 0.25) is 0 Å². The molecular formula is C36H28FN5O2.